The van der Waals surface area contributed by atoms with Crippen molar-refractivity contribution in [3.05, 3.63) is 53.4 Å². The molecule has 26 heavy (non-hydrogen) atoms. The predicted molar refractivity (Wildman–Crippen MR) is 87.7 cm³/mol. The average Bonchev–Trinajstić information content (AvgIpc) is 2.57. The number of carbonyl (C=O) groups excluding carboxylic acids is 1. The molecule has 0 radical (unpaired) electrons. The third-order valence-electron chi connectivity index (χ3n) is 3.78. The zero-order chi connectivity index (χ0) is 19.2. The summed E-state index contributed by atoms with van der Waals surface area (Å²) in [5, 5.41) is -0.166. The van der Waals surface area contributed by atoms with E-state index in [1.165, 1.54) is 4.90 Å². The van der Waals surface area contributed by atoms with E-state index in [4.69, 9.17) is 5.73 Å². The van der Waals surface area contributed by atoms with E-state index in [0.717, 1.165) is 18.5 Å². The van der Waals surface area contributed by atoms with Crippen molar-refractivity contribution in [3.63, 3.8) is 0 Å². The van der Waals surface area contributed by atoms with Gasteiger partial charge in [-0.2, -0.15) is 0 Å². The van der Waals surface area contributed by atoms with E-state index in [0.29, 0.717) is 6.07 Å². The number of aromatic nitrogens is 2. The first kappa shape index (κ1) is 17.6. The van der Waals surface area contributed by atoms with Crippen molar-refractivity contribution in [2.45, 2.75) is 0 Å². The van der Waals surface area contributed by atoms with Gasteiger partial charge >= 0.3 is 0 Å². The molecular weight excluding hydrogens is 352 g/mol. The van der Waals surface area contributed by atoms with Crippen molar-refractivity contribution in [1.82, 2.24) is 9.97 Å². The number of halogens is 4. The molecule has 0 aliphatic carbocycles. The van der Waals surface area contributed by atoms with Gasteiger partial charge in [0.05, 0.1) is 28.5 Å². The first-order valence-electron chi connectivity index (χ1n) is 7.31. The van der Waals surface area contributed by atoms with E-state index >= 15 is 0 Å². The zero-order valence-corrected chi connectivity index (χ0v) is 13.6. The van der Waals surface area contributed by atoms with Crippen LogP contribution in [0.3, 0.4) is 0 Å². The summed E-state index contributed by atoms with van der Waals surface area (Å²) in [5.41, 5.74) is 4.39. The van der Waals surface area contributed by atoms with Crippen LogP contribution in [0.4, 0.5) is 23.2 Å². The molecule has 0 fully saturated rings. The van der Waals surface area contributed by atoms with Crippen molar-refractivity contribution < 1.29 is 22.4 Å². The van der Waals surface area contributed by atoms with Crippen LogP contribution in [0.2, 0.25) is 0 Å². The van der Waals surface area contributed by atoms with E-state index in [1.54, 1.807) is 14.1 Å². The van der Waals surface area contributed by atoms with Gasteiger partial charge in [0.1, 0.15) is 11.3 Å². The highest BCUT2D eigenvalue weighted by Crippen LogP contribution is 2.36. The Balaban J connectivity index is 2.47. The molecule has 2 N–H and O–H groups in total. The van der Waals surface area contributed by atoms with Gasteiger partial charge in [0, 0.05) is 31.9 Å². The molecule has 0 aliphatic rings. The number of hydrogen-bond acceptors (Lipinski definition) is 4. The monoisotopic (exact) mass is 364 g/mol. The zero-order valence-electron chi connectivity index (χ0n) is 13.6. The van der Waals surface area contributed by atoms with Crippen LogP contribution in [0.15, 0.2) is 24.5 Å². The summed E-state index contributed by atoms with van der Waals surface area (Å²) in [6.07, 6.45) is 1.84. The number of nitrogens with zero attached hydrogens (tertiary/aromatic N) is 3. The number of anilines is 1. The van der Waals surface area contributed by atoms with Gasteiger partial charge in [-0.1, -0.05) is 0 Å². The van der Waals surface area contributed by atoms with Crippen LogP contribution in [0.5, 0.6) is 0 Å². The molecule has 134 valence electrons. The molecule has 0 saturated carbocycles. The Kier molecular flexibility index (Phi) is 4.23. The maximum absolute atomic E-state index is 14.5. The Hall–Kier alpha value is -3.23. The van der Waals surface area contributed by atoms with E-state index in [2.05, 4.69) is 9.97 Å². The lowest BCUT2D eigenvalue weighted by Gasteiger charge is -2.19. The highest BCUT2D eigenvalue weighted by Gasteiger charge is 2.23. The van der Waals surface area contributed by atoms with Crippen LogP contribution in [0.25, 0.3) is 22.2 Å². The highest BCUT2D eigenvalue weighted by atomic mass is 19.2. The van der Waals surface area contributed by atoms with Crippen molar-refractivity contribution in [3.8, 4) is 11.3 Å². The fourth-order valence-corrected chi connectivity index (χ4v) is 2.72. The SMILES string of the molecule is CN(C)c1c(C(N)=O)cnc2c(-c3cc(F)cc(F)c3F)ncc(F)c12. The quantitative estimate of drug-likeness (QED) is 0.573. The molecule has 0 atom stereocenters. The molecule has 2 heterocycles. The molecular formula is C17H12F4N4O. The van der Waals surface area contributed by atoms with Gasteiger partial charge in [0.15, 0.2) is 17.5 Å². The van der Waals surface area contributed by atoms with E-state index in [1.807, 2.05) is 0 Å². The Morgan fingerprint density at radius 1 is 1.04 bits per heavy atom. The smallest absolute Gasteiger partial charge is 0.252 e. The van der Waals surface area contributed by atoms with Crippen molar-refractivity contribution in [2.24, 2.45) is 5.73 Å². The minimum absolute atomic E-state index is 0.0653. The molecule has 0 spiro atoms. The van der Waals surface area contributed by atoms with Gasteiger partial charge in [0.25, 0.3) is 5.91 Å². The van der Waals surface area contributed by atoms with Crippen LogP contribution in [0.1, 0.15) is 10.4 Å². The number of pyridine rings is 2. The van der Waals surface area contributed by atoms with Crippen LogP contribution < -0.4 is 10.6 Å². The van der Waals surface area contributed by atoms with Crippen LogP contribution in [-0.4, -0.2) is 30.0 Å². The number of carbonyl (C=O) groups is 1. The van der Waals surface area contributed by atoms with Gasteiger partial charge in [-0.05, 0) is 6.07 Å². The van der Waals surface area contributed by atoms with Gasteiger partial charge < -0.3 is 10.6 Å². The molecule has 2 aromatic heterocycles. The summed E-state index contributed by atoms with van der Waals surface area (Å²) in [5.74, 6) is -5.48. The van der Waals surface area contributed by atoms with Crippen LogP contribution in [0, 0.1) is 23.3 Å². The number of rotatable bonds is 3. The maximum Gasteiger partial charge on any atom is 0.252 e. The number of nitrogens with two attached hydrogens (primary N) is 1. The van der Waals surface area contributed by atoms with Crippen molar-refractivity contribution >= 4 is 22.5 Å². The second kappa shape index (κ2) is 6.25. The minimum Gasteiger partial charge on any atom is -0.376 e. The third-order valence-corrected chi connectivity index (χ3v) is 3.78. The molecule has 0 aliphatic heterocycles. The second-order valence-corrected chi connectivity index (χ2v) is 5.71. The topological polar surface area (TPSA) is 72.1 Å². The standard InChI is InChI=1S/C17H12F4N4O/c1-25(2)16-9(17(22)26)5-23-15-12(16)11(20)6-24-14(15)8-3-7(18)4-10(19)13(8)21/h3-6H,1-2H3,(H2,22,26). The second-order valence-electron chi connectivity index (χ2n) is 5.71. The first-order chi connectivity index (χ1) is 12.2. The molecule has 3 rings (SSSR count). The van der Waals surface area contributed by atoms with E-state index < -0.39 is 34.7 Å². The van der Waals surface area contributed by atoms with Gasteiger partial charge in [-0.15, -0.1) is 0 Å². The lowest BCUT2D eigenvalue weighted by atomic mass is 10.0. The Labute approximate surface area is 145 Å². The summed E-state index contributed by atoms with van der Waals surface area (Å²) < 4.78 is 55.8. The molecule has 5 nitrogen and oxygen atoms in total. The lowest BCUT2D eigenvalue weighted by Crippen LogP contribution is -2.20. The number of benzene rings is 1. The third kappa shape index (κ3) is 2.71. The summed E-state index contributed by atoms with van der Waals surface area (Å²) >= 11 is 0. The normalized spacial score (nSPS) is 11.0. The lowest BCUT2D eigenvalue weighted by molar-refractivity contribution is 0.100. The van der Waals surface area contributed by atoms with Crippen LogP contribution in [-0.2, 0) is 0 Å². The van der Waals surface area contributed by atoms with Crippen molar-refractivity contribution in [2.75, 3.05) is 19.0 Å². The Bertz CT molecular complexity index is 1050. The number of amides is 1. The van der Waals surface area contributed by atoms with E-state index in [9.17, 15) is 22.4 Å². The summed E-state index contributed by atoms with van der Waals surface area (Å²) in [6.45, 7) is 0. The highest BCUT2D eigenvalue weighted by molar-refractivity contribution is 6.09. The molecule has 0 bridgehead atoms. The summed E-state index contributed by atoms with van der Waals surface area (Å²) in [4.78, 5) is 20.8. The molecule has 1 amide bonds. The molecule has 1 aromatic carbocycles. The summed E-state index contributed by atoms with van der Waals surface area (Å²) in [7, 11) is 3.09. The Morgan fingerprint density at radius 2 is 1.73 bits per heavy atom. The molecule has 9 heteroatoms. The minimum atomic E-state index is -1.42. The maximum atomic E-state index is 14.5. The number of primary amides is 1. The summed E-state index contributed by atoms with van der Waals surface area (Å²) in [6, 6.07) is 1.12. The number of hydrogen-bond donors (Lipinski definition) is 1. The van der Waals surface area contributed by atoms with Gasteiger partial charge in [0.2, 0.25) is 0 Å². The largest absolute Gasteiger partial charge is 0.376 e. The Morgan fingerprint density at radius 3 is 2.35 bits per heavy atom. The first-order valence-corrected chi connectivity index (χ1v) is 7.31. The van der Waals surface area contributed by atoms with Gasteiger partial charge in [-0.25, -0.2) is 17.6 Å². The fourth-order valence-electron chi connectivity index (χ4n) is 2.72. The predicted octanol–water partition coefficient (Wildman–Crippen LogP) is 3.02. The molecule has 0 saturated heterocycles. The van der Waals surface area contributed by atoms with Crippen molar-refractivity contribution in [1.29, 1.82) is 0 Å². The van der Waals surface area contributed by atoms with Crippen LogP contribution >= 0.6 is 0 Å². The number of fused-ring (bicyclic) bond motifs is 1. The van der Waals surface area contributed by atoms with E-state index in [-0.39, 0.29) is 27.8 Å². The fraction of sp³-hybridized carbons (Fsp3) is 0.118. The average molecular weight is 364 g/mol. The molecule has 0 unspecified atom stereocenters. The molecule has 3 aromatic rings. The van der Waals surface area contributed by atoms with Gasteiger partial charge in [-0.3, -0.25) is 14.8 Å².